The molecule has 0 radical (unpaired) electrons. The second kappa shape index (κ2) is 13.9. The molecule has 232 valence electrons. The molecule has 6 rings (SSSR count). The highest BCUT2D eigenvalue weighted by atomic mass is 32.1. The average Bonchev–Trinajstić information content (AvgIpc) is 3.56. The molecule has 1 aliphatic heterocycles. The monoisotopic (exact) mass is 627 g/mol. The summed E-state index contributed by atoms with van der Waals surface area (Å²) in [6.45, 7) is 2.24. The number of aromatic nitrogens is 2. The Morgan fingerprint density at radius 2 is 1.82 bits per heavy atom. The Bertz CT molecular complexity index is 1810. The lowest BCUT2D eigenvalue weighted by Crippen LogP contribution is -2.34. The van der Waals surface area contributed by atoms with E-state index in [2.05, 4.69) is 25.9 Å². The molecule has 0 atom stereocenters. The van der Waals surface area contributed by atoms with E-state index in [-0.39, 0.29) is 17.8 Å². The number of hydrogen-bond acceptors (Lipinski definition) is 9. The number of rotatable bonds is 11. The molecule has 0 spiro atoms. The maximum atomic E-state index is 13.5. The Kier molecular flexibility index (Phi) is 9.37. The Labute approximate surface area is 264 Å². The highest BCUT2D eigenvalue weighted by Crippen LogP contribution is 2.38. The molecule has 0 saturated carbocycles. The van der Waals surface area contributed by atoms with Crippen molar-refractivity contribution in [2.24, 2.45) is 0 Å². The molecule has 3 aromatic carbocycles. The van der Waals surface area contributed by atoms with Crippen LogP contribution >= 0.6 is 11.3 Å². The Morgan fingerprint density at radius 3 is 2.62 bits per heavy atom. The van der Waals surface area contributed by atoms with Crippen molar-refractivity contribution in [2.45, 2.75) is 25.4 Å². The van der Waals surface area contributed by atoms with Crippen LogP contribution in [0.5, 0.6) is 17.2 Å². The molecule has 0 aliphatic carbocycles. The van der Waals surface area contributed by atoms with E-state index in [0.29, 0.717) is 52.1 Å². The first kappa shape index (κ1) is 30.3. The number of carbonyl (C=O) groups is 1. The first-order chi connectivity index (χ1) is 22.0. The van der Waals surface area contributed by atoms with Gasteiger partial charge in [0.25, 0.3) is 5.91 Å². The zero-order valence-corrected chi connectivity index (χ0v) is 25.9. The van der Waals surface area contributed by atoms with Gasteiger partial charge >= 0.3 is 0 Å². The van der Waals surface area contributed by atoms with Crippen LogP contribution in [0.15, 0.2) is 72.4 Å². The molecule has 3 N–H and O–H groups in total. The first-order valence-electron chi connectivity index (χ1n) is 14.8. The number of methoxy groups -OCH3 is 2. The van der Waals surface area contributed by atoms with E-state index in [1.54, 1.807) is 20.3 Å². The quantitative estimate of drug-likeness (QED) is 0.155. The Morgan fingerprint density at radius 1 is 0.978 bits per heavy atom. The number of benzene rings is 3. The number of piperidine rings is 1. The van der Waals surface area contributed by atoms with Crippen molar-refractivity contribution in [2.75, 3.05) is 39.2 Å². The second-order valence-corrected chi connectivity index (χ2v) is 11.6. The van der Waals surface area contributed by atoms with Crippen molar-refractivity contribution in [3.8, 4) is 28.4 Å². The number of thiophene rings is 1. The van der Waals surface area contributed by atoms with Gasteiger partial charge in [0.2, 0.25) is 0 Å². The van der Waals surface area contributed by atoms with Gasteiger partial charge in [-0.25, -0.2) is 14.4 Å². The molecule has 45 heavy (non-hydrogen) atoms. The molecule has 2 aromatic heterocycles. The molecule has 1 aliphatic rings. The van der Waals surface area contributed by atoms with Gasteiger partial charge in [0, 0.05) is 18.0 Å². The van der Waals surface area contributed by atoms with Gasteiger partial charge in [-0.3, -0.25) is 4.79 Å². The van der Waals surface area contributed by atoms with Crippen LogP contribution in [0, 0.1) is 5.82 Å². The van der Waals surface area contributed by atoms with E-state index in [4.69, 9.17) is 14.2 Å². The topological polar surface area (TPSA) is 107 Å². The number of halogens is 1. The van der Waals surface area contributed by atoms with Crippen LogP contribution in [0.1, 0.15) is 28.1 Å². The summed E-state index contributed by atoms with van der Waals surface area (Å²) in [5, 5.41) is 12.5. The minimum absolute atomic E-state index is 0.0986. The molecular weight excluding hydrogens is 593 g/mol. The molecule has 1 fully saturated rings. The second-order valence-electron chi connectivity index (χ2n) is 10.7. The summed E-state index contributed by atoms with van der Waals surface area (Å²) in [7, 11) is 3.24. The highest BCUT2D eigenvalue weighted by Gasteiger charge is 2.19. The average molecular weight is 628 g/mol. The van der Waals surface area contributed by atoms with Crippen molar-refractivity contribution in [1.82, 2.24) is 20.6 Å². The molecule has 3 heterocycles. The fourth-order valence-corrected chi connectivity index (χ4v) is 6.16. The third kappa shape index (κ3) is 7.16. The lowest BCUT2D eigenvalue weighted by atomic mass is 10.1. The van der Waals surface area contributed by atoms with E-state index in [9.17, 15) is 9.18 Å². The molecule has 11 heteroatoms. The van der Waals surface area contributed by atoms with Crippen molar-refractivity contribution < 1.29 is 23.4 Å². The van der Waals surface area contributed by atoms with Crippen LogP contribution in [0.4, 0.5) is 15.9 Å². The van der Waals surface area contributed by atoms with E-state index >= 15 is 0 Å². The zero-order chi connectivity index (χ0) is 31.2. The lowest BCUT2D eigenvalue weighted by molar-refractivity contribution is 0.0958. The predicted molar refractivity (Wildman–Crippen MR) is 175 cm³/mol. The van der Waals surface area contributed by atoms with Gasteiger partial charge in [-0.1, -0.05) is 18.2 Å². The van der Waals surface area contributed by atoms with Crippen LogP contribution in [0.3, 0.4) is 0 Å². The van der Waals surface area contributed by atoms with Gasteiger partial charge in [0.15, 0.2) is 11.5 Å². The maximum Gasteiger partial charge on any atom is 0.261 e. The van der Waals surface area contributed by atoms with Gasteiger partial charge in [-0.2, -0.15) is 0 Å². The van der Waals surface area contributed by atoms with Crippen LogP contribution in [-0.4, -0.2) is 55.8 Å². The number of ether oxygens (including phenoxy) is 3. The smallest absolute Gasteiger partial charge is 0.261 e. The fraction of sp³-hybridized carbons (Fsp3) is 0.265. The molecule has 0 unspecified atom stereocenters. The number of carbonyl (C=O) groups excluding carboxylic acids is 1. The SMILES string of the molecule is COc1ccc(-c2csc(C(=O)NCCc3cccc(F)c3)c2)cc1Nc1ncnc2cc(OC)c(OC3CCNCC3)cc12. The van der Waals surface area contributed by atoms with Gasteiger partial charge in [0.05, 0.1) is 30.3 Å². The number of fused-ring (bicyclic) bond motifs is 1. The predicted octanol–water partition coefficient (Wildman–Crippen LogP) is 6.36. The minimum atomic E-state index is -0.283. The van der Waals surface area contributed by atoms with Gasteiger partial charge < -0.3 is 30.2 Å². The molecule has 1 amide bonds. The van der Waals surface area contributed by atoms with Crippen LogP contribution < -0.4 is 30.2 Å². The van der Waals surface area contributed by atoms with Crippen molar-refractivity contribution in [1.29, 1.82) is 0 Å². The van der Waals surface area contributed by atoms with Gasteiger partial charge in [0.1, 0.15) is 29.8 Å². The summed E-state index contributed by atoms with van der Waals surface area (Å²) < 4.78 is 31.1. The van der Waals surface area contributed by atoms with Crippen molar-refractivity contribution in [3.63, 3.8) is 0 Å². The number of amides is 1. The summed E-state index contributed by atoms with van der Waals surface area (Å²) in [4.78, 5) is 22.4. The molecule has 1 saturated heterocycles. The molecule has 9 nitrogen and oxygen atoms in total. The summed E-state index contributed by atoms with van der Waals surface area (Å²) in [6, 6.07) is 17.9. The Hall–Kier alpha value is -4.74. The van der Waals surface area contributed by atoms with Gasteiger partial charge in [-0.15, -0.1) is 11.3 Å². The normalized spacial score (nSPS) is 13.4. The number of nitrogens with zero attached hydrogens (tertiary/aromatic N) is 2. The Balaban J connectivity index is 1.21. The maximum absolute atomic E-state index is 13.5. The van der Waals surface area contributed by atoms with Crippen LogP contribution in [0.25, 0.3) is 22.0 Å². The van der Waals surface area contributed by atoms with Crippen molar-refractivity contribution >= 4 is 39.7 Å². The van der Waals surface area contributed by atoms with E-state index < -0.39 is 0 Å². The summed E-state index contributed by atoms with van der Waals surface area (Å²) in [5.41, 5.74) is 4.06. The van der Waals surface area contributed by atoms with Crippen LogP contribution in [0.2, 0.25) is 0 Å². The third-order valence-corrected chi connectivity index (χ3v) is 8.63. The molecule has 0 bridgehead atoms. The van der Waals surface area contributed by atoms with E-state index in [1.165, 1.54) is 29.8 Å². The number of anilines is 2. The van der Waals surface area contributed by atoms with E-state index in [0.717, 1.165) is 48.0 Å². The van der Waals surface area contributed by atoms with Crippen LogP contribution in [-0.2, 0) is 6.42 Å². The summed E-state index contributed by atoms with van der Waals surface area (Å²) >= 11 is 1.37. The largest absolute Gasteiger partial charge is 0.495 e. The van der Waals surface area contributed by atoms with E-state index in [1.807, 2.05) is 47.8 Å². The highest BCUT2D eigenvalue weighted by molar-refractivity contribution is 7.12. The number of nitrogens with one attached hydrogen (secondary N) is 3. The zero-order valence-electron chi connectivity index (χ0n) is 25.1. The fourth-order valence-electron chi connectivity index (χ4n) is 5.33. The lowest BCUT2D eigenvalue weighted by Gasteiger charge is -2.25. The minimum Gasteiger partial charge on any atom is -0.495 e. The standard InChI is InChI=1S/C34H34FN5O4S/c1-42-29-7-6-22(23-16-32(45-19-23)34(41)37-13-8-21-4-3-5-24(35)14-21)15-28(29)40-33-26-17-31(44-25-9-11-36-12-10-25)30(43-2)18-27(26)38-20-39-33/h3-7,14-20,25,36H,8-13H2,1-2H3,(H,37,41)(H,38,39,40). The summed E-state index contributed by atoms with van der Waals surface area (Å²) in [5.74, 6) is 2.05. The number of hydrogen-bond donors (Lipinski definition) is 3. The molecular formula is C34H34FN5O4S. The molecule has 5 aromatic rings. The third-order valence-electron chi connectivity index (χ3n) is 7.70. The van der Waals surface area contributed by atoms with Crippen molar-refractivity contribution in [3.05, 3.63) is 88.6 Å². The summed E-state index contributed by atoms with van der Waals surface area (Å²) in [6.07, 6.45) is 3.99. The van der Waals surface area contributed by atoms with Gasteiger partial charge in [-0.05, 0) is 90.8 Å². The first-order valence-corrected chi connectivity index (χ1v) is 15.7.